The largest absolute Gasteiger partial charge is 0.457 e. The van der Waals surface area contributed by atoms with Crippen LogP contribution in [-0.4, -0.2) is 24.6 Å². The van der Waals surface area contributed by atoms with E-state index in [1.165, 1.54) is 36.4 Å². The zero-order valence-electron chi connectivity index (χ0n) is 16.1. The molecule has 0 N–H and O–H groups in total. The molecule has 0 unspecified atom stereocenters. The Hall–Kier alpha value is -3.46. The van der Waals surface area contributed by atoms with E-state index in [1.807, 2.05) is 0 Å². The van der Waals surface area contributed by atoms with Crippen LogP contribution in [0, 0.1) is 0 Å². The van der Waals surface area contributed by atoms with Crippen molar-refractivity contribution >= 4 is 20.7 Å². The Balaban J connectivity index is 1.71. The number of sulfone groups is 1. The number of nitrogens with zero attached hydrogens (tertiary/aromatic N) is 2. The fourth-order valence-corrected chi connectivity index (χ4v) is 3.77. The second-order valence-electron chi connectivity index (χ2n) is 6.80. The van der Waals surface area contributed by atoms with Crippen molar-refractivity contribution in [3.8, 4) is 22.8 Å². The average Bonchev–Trinajstić information content (AvgIpc) is 2.72. The molecule has 0 aliphatic heterocycles. The van der Waals surface area contributed by atoms with Gasteiger partial charge in [-0.05, 0) is 42.5 Å². The summed E-state index contributed by atoms with van der Waals surface area (Å²) in [7, 11) is -3.32. The third-order valence-electron chi connectivity index (χ3n) is 4.57. The molecule has 0 atom stereocenters. The number of benzene rings is 3. The summed E-state index contributed by atoms with van der Waals surface area (Å²) in [5.74, 6) is 0.833. The second-order valence-corrected chi connectivity index (χ2v) is 8.81. The van der Waals surface area contributed by atoms with Gasteiger partial charge in [-0.1, -0.05) is 24.3 Å². The van der Waals surface area contributed by atoms with Gasteiger partial charge in [-0.3, -0.25) is 0 Å². The van der Waals surface area contributed by atoms with Gasteiger partial charge in [-0.25, -0.2) is 18.4 Å². The highest BCUT2D eigenvalue weighted by atomic mass is 32.2. The van der Waals surface area contributed by atoms with Gasteiger partial charge in [0, 0.05) is 17.2 Å². The molecule has 3 aromatic carbocycles. The topological polar surface area (TPSA) is 69.2 Å². The molecule has 9 heteroatoms. The number of ether oxygens (including phenoxy) is 1. The summed E-state index contributed by atoms with van der Waals surface area (Å²) >= 11 is 0. The first-order valence-corrected chi connectivity index (χ1v) is 10.9. The lowest BCUT2D eigenvalue weighted by atomic mass is 10.0. The van der Waals surface area contributed by atoms with Gasteiger partial charge in [0.1, 0.15) is 17.8 Å². The molecule has 4 rings (SSSR count). The Kier molecular flexibility index (Phi) is 5.14. The van der Waals surface area contributed by atoms with Crippen LogP contribution in [0.5, 0.6) is 11.5 Å². The van der Waals surface area contributed by atoms with Crippen molar-refractivity contribution in [1.29, 1.82) is 0 Å². The van der Waals surface area contributed by atoms with Gasteiger partial charge in [0.15, 0.2) is 9.84 Å². The van der Waals surface area contributed by atoms with Crippen LogP contribution in [0.3, 0.4) is 0 Å². The van der Waals surface area contributed by atoms with E-state index in [2.05, 4.69) is 9.97 Å². The lowest BCUT2D eigenvalue weighted by molar-refractivity contribution is -0.136. The number of aromatic nitrogens is 2. The molecule has 31 heavy (non-hydrogen) atoms. The fraction of sp³-hybridized carbons (Fsp3) is 0.0909. The average molecular weight is 444 g/mol. The fourth-order valence-electron chi connectivity index (χ4n) is 3.14. The number of fused-ring (bicyclic) bond motifs is 1. The van der Waals surface area contributed by atoms with E-state index < -0.39 is 21.6 Å². The van der Waals surface area contributed by atoms with Crippen molar-refractivity contribution in [3.63, 3.8) is 0 Å². The predicted molar refractivity (Wildman–Crippen MR) is 110 cm³/mol. The molecule has 0 aliphatic carbocycles. The molecular formula is C22H15F3N2O3S. The normalized spacial score (nSPS) is 12.1. The van der Waals surface area contributed by atoms with E-state index in [-0.39, 0.29) is 15.8 Å². The molecular weight excluding hydrogens is 429 g/mol. The zero-order chi connectivity index (χ0) is 22.2. The van der Waals surface area contributed by atoms with Crippen molar-refractivity contribution in [3.05, 3.63) is 78.6 Å². The quantitative estimate of drug-likeness (QED) is 0.415. The maximum Gasteiger partial charge on any atom is 0.418 e. The van der Waals surface area contributed by atoms with Crippen molar-refractivity contribution in [1.82, 2.24) is 9.97 Å². The van der Waals surface area contributed by atoms with Crippen molar-refractivity contribution in [2.45, 2.75) is 11.1 Å². The van der Waals surface area contributed by atoms with Crippen molar-refractivity contribution in [2.24, 2.45) is 0 Å². The molecule has 0 saturated heterocycles. The van der Waals surface area contributed by atoms with Gasteiger partial charge in [0.2, 0.25) is 0 Å². The number of alkyl halides is 3. The first-order chi connectivity index (χ1) is 14.6. The first kappa shape index (κ1) is 20.8. The maximum atomic E-state index is 13.3. The molecule has 1 heterocycles. The van der Waals surface area contributed by atoms with Crippen LogP contribution in [0.25, 0.3) is 22.2 Å². The SMILES string of the molecule is CS(=O)(=O)c1ccc(Oc2cccc(-c3ncnc4c(C(F)(F)F)cccc34)c2)cc1. The Morgan fingerprint density at radius 2 is 1.58 bits per heavy atom. The molecule has 0 spiro atoms. The molecule has 0 aliphatic rings. The summed E-state index contributed by atoms with van der Waals surface area (Å²) in [5.41, 5.74) is -0.110. The highest BCUT2D eigenvalue weighted by molar-refractivity contribution is 7.90. The number of para-hydroxylation sites is 1. The minimum atomic E-state index is -4.53. The van der Waals surface area contributed by atoms with E-state index in [9.17, 15) is 21.6 Å². The van der Waals surface area contributed by atoms with E-state index in [0.717, 1.165) is 18.6 Å². The zero-order valence-corrected chi connectivity index (χ0v) is 16.9. The van der Waals surface area contributed by atoms with Crippen LogP contribution < -0.4 is 4.74 Å². The molecule has 4 aromatic rings. The van der Waals surface area contributed by atoms with Gasteiger partial charge in [0.25, 0.3) is 0 Å². The minimum absolute atomic E-state index is 0.168. The van der Waals surface area contributed by atoms with Crippen molar-refractivity contribution in [2.75, 3.05) is 6.26 Å². The third kappa shape index (κ3) is 4.36. The predicted octanol–water partition coefficient (Wildman–Crippen LogP) is 5.51. The molecule has 0 radical (unpaired) electrons. The summed E-state index contributed by atoms with van der Waals surface area (Å²) in [6, 6.07) is 16.5. The Bertz CT molecular complexity index is 1370. The second kappa shape index (κ2) is 7.66. The highest BCUT2D eigenvalue weighted by Crippen LogP contribution is 2.37. The standard InChI is InChI=1S/C22H15F3N2O3S/c1-31(28,29)17-10-8-15(9-11-17)30-16-5-2-4-14(12-16)20-18-6-3-7-19(22(23,24)25)21(18)27-13-26-20/h2-13H,1H3. The Labute approximate surface area is 176 Å². The maximum absolute atomic E-state index is 13.3. The molecule has 5 nitrogen and oxygen atoms in total. The van der Waals surface area contributed by atoms with E-state index >= 15 is 0 Å². The molecule has 0 amide bonds. The van der Waals surface area contributed by atoms with Gasteiger partial charge < -0.3 is 4.74 Å². The number of halogens is 3. The van der Waals surface area contributed by atoms with Gasteiger partial charge in [-0.2, -0.15) is 13.2 Å². The molecule has 158 valence electrons. The monoisotopic (exact) mass is 444 g/mol. The van der Waals surface area contributed by atoms with Gasteiger partial charge >= 0.3 is 6.18 Å². The van der Waals surface area contributed by atoms with Crippen LogP contribution >= 0.6 is 0 Å². The number of hydrogen-bond acceptors (Lipinski definition) is 5. The van der Waals surface area contributed by atoms with Crippen LogP contribution in [0.2, 0.25) is 0 Å². The highest BCUT2D eigenvalue weighted by Gasteiger charge is 2.33. The van der Waals surface area contributed by atoms with Crippen molar-refractivity contribution < 1.29 is 26.3 Å². The Morgan fingerprint density at radius 3 is 2.26 bits per heavy atom. The number of hydrogen-bond donors (Lipinski definition) is 0. The van der Waals surface area contributed by atoms with E-state index in [4.69, 9.17) is 4.74 Å². The van der Waals surface area contributed by atoms with Gasteiger partial charge in [0.05, 0.1) is 21.7 Å². The van der Waals surface area contributed by atoms with E-state index in [0.29, 0.717) is 22.8 Å². The molecule has 0 saturated carbocycles. The molecule has 0 fully saturated rings. The van der Waals surface area contributed by atoms with Gasteiger partial charge in [-0.15, -0.1) is 0 Å². The number of rotatable bonds is 4. The summed E-state index contributed by atoms with van der Waals surface area (Å²) in [4.78, 5) is 8.19. The molecule has 0 bridgehead atoms. The molecule has 1 aromatic heterocycles. The first-order valence-electron chi connectivity index (χ1n) is 9.02. The van der Waals surface area contributed by atoms with Crippen LogP contribution in [0.15, 0.2) is 78.0 Å². The van der Waals surface area contributed by atoms with Crippen LogP contribution in [0.1, 0.15) is 5.56 Å². The van der Waals surface area contributed by atoms with E-state index in [1.54, 1.807) is 24.3 Å². The van der Waals surface area contributed by atoms with Crippen LogP contribution in [0.4, 0.5) is 13.2 Å². The Morgan fingerprint density at radius 1 is 0.871 bits per heavy atom. The smallest absolute Gasteiger partial charge is 0.418 e. The summed E-state index contributed by atoms with van der Waals surface area (Å²) in [6.07, 6.45) is -2.32. The summed E-state index contributed by atoms with van der Waals surface area (Å²) < 4.78 is 69.0. The summed E-state index contributed by atoms with van der Waals surface area (Å²) in [6.45, 7) is 0. The summed E-state index contributed by atoms with van der Waals surface area (Å²) in [5, 5.41) is 0.270. The minimum Gasteiger partial charge on any atom is -0.457 e. The van der Waals surface area contributed by atoms with Crippen LogP contribution in [-0.2, 0) is 16.0 Å². The third-order valence-corrected chi connectivity index (χ3v) is 5.69. The lowest BCUT2D eigenvalue weighted by Gasteiger charge is -2.12. The lowest BCUT2D eigenvalue weighted by Crippen LogP contribution is -2.07.